The van der Waals surface area contributed by atoms with Crippen LogP contribution in [-0.2, 0) is 13.6 Å². The first kappa shape index (κ1) is 15.8. The number of rotatable bonds is 3. The van der Waals surface area contributed by atoms with E-state index < -0.39 is 0 Å². The van der Waals surface area contributed by atoms with Crippen molar-refractivity contribution >= 4 is 5.91 Å². The van der Waals surface area contributed by atoms with Gasteiger partial charge in [0.25, 0.3) is 5.91 Å². The van der Waals surface area contributed by atoms with Crippen molar-refractivity contribution in [3.63, 3.8) is 0 Å². The molecule has 0 N–H and O–H groups in total. The first-order valence-corrected chi connectivity index (χ1v) is 8.88. The number of carbonyl (C=O) groups excluding carboxylic acids is 1. The molecule has 25 heavy (non-hydrogen) atoms. The number of aromatic nitrogens is 2. The van der Waals surface area contributed by atoms with Gasteiger partial charge >= 0.3 is 0 Å². The second-order valence-corrected chi connectivity index (χ2v) is 6.58. The molecule has 4 rings (SSSR count). The van der Waals surface area contributed by atoms with Crippen molar-refractivity contribution < 1.29 is 4.79 Å². The van der Waals surface area contributed by atoms with E-state index in [0.29, 0.717) is 0 Å². The number of hydrogen-bond acceptors (Lipinski definition) is 1. The number of fused-ring (bicyclic) bond motifs is 1. The first-order chi connectivity index (χ1) is 12.2. The van der Waals surface area contributed by atoms with E-state index in [0.717, 1.165) is 36.5 Å². The summed E-state index contributed by atoms with van der Waals surface area (Å²) in [7, 11) is 1.98. The van der Waals surface area contributed by atoms with Crippen molar-refractivity contribution in [1.29, 1.82) is 0 Å². The van der Waals surface area contributed by atoms with Gasteiger partial charge in [0.1, 0.15) is 5.69 Å². The maximum absolute atomic E-state index is 13.3. The molecule has 1 atom stereocenters. The molecule has 0 spiro atoms. The van der Waals surface area contributed by atoms with Crippen LogP contribution in [0, 0.1) is 0 Å². The Balaban J connectivity index is 1.67. The Bertz CT molecular complexity index is 891. The Morgan fingerprint density at radius 1 is 1.04 bits per heavy atom. The van der Waals surface area contributed by atoms with Crippen molar-refractivity contribution in [3.05, 3.63) is 72.2 Å². The second kappa shape index (κ2) is 6.28. The molecule has 3 heterocycles. The Morgan fingerprint density at radius 2 is 1.84 bits per heavy atom. The Labute approximate surface area is 148 Å². The Morgan fingerprint density at radius 3 is 2.60 bits per heavy atom. The lowest BCUT2D eigenvalue weighted by molar-refractivity contribution is 0.0608. The maximum atomic E-state index is 13.3. The summed E-state index contributed by atoms with van der Waals surface area (Å²) in [6.45, 7) is 3.76. The van der Waals surface area contributed by atoms with Gasteiger partial charge in [0, 0.05) is 37.7 Å². The Kier molecular flexibility index (Phi) is 3.96. The highest BCUT2D eigenvalue weighted by Gasteiger charge is 2.31. The smallest absolute Gasteiger partial charge is 0.271 e. The monoisotopic (exact) mass is 333 g/mol. The third-order valence-electron chi connectivity index (χ3n) is 5.22. The topological polar surface area (TPSA) is 30.2 Å². The van der Waals surface area contributed by atoms with Gasteiger partial charge in [-0.15, -0.1) is 0 Å². The van der Waals surface area contributed by atoms with Gasteiger partial charge in [-0.25, -0.2) is 0 Å². The van der Waals surface area contributed by atoms with Crippen LogP contribution in [0.15, 0.2) is 60.8 Å². The van der Waals surface area contributed by atoms with Crippen LogP contribution in [-0.4, -0.2) is 26.5 Å². The average molecular weight is 333 g/mol. The molecule has 0 fully saturated rings. The lowest BCUT2D eigenvalue weighted by atomic mass is 10.1. The molecule has 0 bridgehead atoms. The van der Waals surface area contributed by atoms with Crippen LogP contribution in [0.25, 0.3) is 11.3 Å². The van der Waals surface area contributed by atoms with E-state index in [4.69, 9.17) is 0 Å². The van der Waals surface area contributed by atoms with Crippen molar-refractivity contribution in [1.82, 2.24) is 14.0 Å². The maximum Gasteiger partial charge on any atom is 0.271 e. The predicted molar refractivity (Wildman–Crippen MR) is 99.3 cm³/mol. The molecule has 1 aliphatic heterocycles. The van der Waals surface area contributed by atoms with Crippen LogP contribution >= 0.6 is 0 Å². The van der Waals surface area contributed by atoms with Gasteiger partial charge in [-0.1, -0.05) is 37.3 Å². The summed E-state index contributed by atoms with van der Waals surface area (Å²) in [5.74, 6) is 0.115. The van der Waals surface area contributed by atoms with Gasteiger partial charge in [0.15, 0.2) is 0 Å². The molecule has 0 radical (unpaired) electrons. The average Bonchev–Trinajstić information content (AvgIpc) is 3.27. The van der Waals surface area contributed by atoms with Gasteiger partial charge < -0.3 is 14.0 Å². The van der Waals surface area contributed by atoms with Crippen molar-refractivity contribution in [2.75, 3.05) is 6.54 Å². The molecule has 1 aromatic carbocycles. The fourth-order valence-electron chi connectivity index (χ4n) is 3.91. The highest BCUT2D eigenvalue weighted by atomic mass is 16.2. The van der Waals surface area contributed by atoms with Crippen molar-refractivity contribution in [3.8, 4) is 11.3 Å². The summed E-state index contributed by atoms with van der Waals surface area (Å²) in [5, 5.41) is 0. The molecule has 0 aliphatic carbocycles. The number of hydrogen-bond donors (Lipinski definition) is 0. The minimum absolute atomic E-state index is 0.115. The lowest BCUT2D eigenvalue weighted by Crippen LogP contribution is -2.42. The fraction of sp³-hybridized carbons (Fsp3) is 0.286. The molecule has 2 aromatic heterocycles. The number of benzene rings is 1. The van der Waals surface area contributed by atoms with E-state index in [2.05, 4.69) is 42.0 Å². The molecule has 1 aliphatic rings. The van der Waals surface area contributed by atoms with Crippen LogP contribution in [0.2, 0.25) is 0 Å². The zero-order valence-electron chi connectivity index (χ0n) is 14.7. The van der Waals surface area contributed by atoms with E-state index in [1.54, 1.807) is 0 Å². The normalized spacial score (nSPS) is 16.7. The quantitative estimate of drug-likeness (QED) is 0.710. The Hall–Kier alpha value is -2.75. The summed E-state index contributed by atoms with van der Waals surface area (Å²) in [6.07, 6.45) is 3.03. The van der Waals surface area contributed by atoms with Gasteiger partial charge in [0.05, 0.1) is 6.04 Å². The van der Waals surface area contributed by atoms with Crippen molar-refractivity contribution in [2.24, 2.45) is 7.05 Å². The minimum atomic E-state index is 0.115. The van der Waals surface area contributed by atoms with Crippen LogP contribution < -0.4 is 0 Å². The molecule has 1 amide bonds. The third kappa shape index (κ3) is 2.58. The van der Waals surface area contributed by atoms with Gasteiger partial charge in [-0.05, 0) is 36.2 Å². The van der Waals surface area contributed by atoms with Crippen LogP contribution in [0.4, 0.5) is 0 Å². The second-order valence-electron chi connectivity index (χ2n) is 6.58. The SMILES string of the molecule is CCC1c2cccn2CCN1C(=O)c1ccc(-c2ccccc2)n1C. The third-order valence-corrected chi connectivity index (χ3v) is 5.22. The molecule has 1 unspecified atom stereocenters. The highest BCUT2D eigenvalue weighted by molar-refractivity contribution is 5.94. The minimum Gasteiger partial charge on any atom is -0.348 e. The zero-order valence-corrected chi connectivity index (χ0v) is 14.7. The highest BCUT2D eigenvalue weighted by Crippen LogP contribution is 2.31. The lowest BCUT2D eigenvalue weighted by Gasteiger charge is -2.36. The molecular formula is C21H23N3O. The molecule has 0 saturated carbocycles. The predicted octanol–water partition coefficient (Wildman–Crippen LogP) is 4.10. The standard InChI is InChI=1S/C21H23N3O/c1-3-17-19-10-7-13-23(19)14-15-24(17)21(25)20-12-11-18(22(20)2)16-8-5-4-6-9-16/h4-13,17H,3,14-15H2,1-2H3. The van der Waals surface area contributed by atoms with E-state index in [9.17, 15) is 4.79 Å². The summed E-state index contributed by atoms with van der Waals surface area (Å²) >= 11 is 0. The van der Waals surface area contributed by atoms with E-state index in [1.165, 1.54) is 5.69 Å². The summed E-state index contributed by atoms with van der Waals surface area (Å²) < 4.78 is 4.27. The molecule has 4 heteroatoms. The number of carbonyl (C=O) groups is 1. The molecule has 0 saturated heterocycles. The first-order valence-electron chi connectivity index (χ1n) is 8.88. The van der Waals surface area contributed by atoms with Crippen molar-refractivity contribution in [2.45, 2.75) is 25.9 Å². The number of amides is 1. The van der Waals surface area contributed by atoms with Gasteiger partial charge in [-0.3, -0.25) is 4.79 Å². The van der Waals surface area contributed by atoms with E-state index in [1.807, 2.05) is 46.8 Å². The van der Waals surface area contributed by atoms with Gasteiger partial charge in [0.2, 0.25) is 0 Å². The summed E-state index contributed by atoms with van der Waals surface area (Å²) in [4.78, 5) is 15.3. The van der Waals surface area contributed by atoms with Gasteiger partial charge in [-0.2, -0.15) is 0 Å². The fourth-order valence-corrected chi connectivity index (χ4v) is 3.91. The molecule has 4 nitrogen and oxygen atoms in total. The van der Waals surface area contributed by atoms with E-state index in [-0.39, 0.29) is 11.9 Å². The van der Waals surface area contributed by atoms with E-state index >= 15 is 0 Å². The summed E-state index contributed by atoms with van der Waals surface area (Å²) in [5.41, 5.74) is 4.18. The molecular weight excluding hydrogens is 310 g/mol. The largest absolute Gasteiger partial charge is 0.348 e. The summed E-state index contributed by atoms with van der Waals surface area (Å²) in [6, 6.07) is 18.5. The van der Waals surface area contributed by atoms with Crippen LogP contribution in [0.1, 0.15) is 35.6 Å². The zero-order chi connectivity index (χ0) is 17.4. The molecule has 128 valence electrons. The van der Waals surface area contributed by atoms with Crippen LogP contribution in [0.3, 0.4) is 0 Å². The van der Waals surface area contributed by atoms with Crippen LogP contribution in [0.5, 0.6) is 0 Å². The number of nitrogens with zero attached hydrogens (tertiary/aromatic N) is 3. The molecule has 3 aromatic rings.